The molecule has 0 aliphatic heterocycles. The van der Waals surface area contributed by atoms with Crippen LogP contribution in [0.4, 0.5) is 4.79 Å². The van der Waals surface area contributed by atoms with Crippen LogP contribution in [0.15, 0.2) is 0 Å². The third-order valence-electron chi connectivity index (χ3n) is 16.2. The van der Waals surface area contributed by atoms with E-state index in [9.17, 15) is 14.4 Å². The lowest BCUT2D eigenvalue weighted by atomic mass is 9.93. The lowest BCUT2D eigenvalue weighted by molar-refractivity contribution is -0.155. The zero-order valence-corrected chi connectivity index (χ0v) is 53.2. The van der Waals surface area contributed by atoms with Crippen LogP contribution in [0.5, 0.6) is 0 Å². The highest BCUT2D eigenvalue weighted by atomic mass is 16.6. The molecular weight excluding hydrogens is 955 g/mol. The second-order valence-corrected chi connectivity index (χ2v) is 24.5. The molecule has 0 spiro atoms. The topological polar surface area (TPSA) is 88.6 Å². The van der Waals surface area contributed by atoms with Gasteiger partial charge in [-0.25, -0.2) is 4.79 Å². The van der Waals surface area contributed by atoms with E-state index in [1.807, 2.05) is 4.90 Å². The number of rotatable bonds is 61. The Hall–Kier alpha value is -1.87. The summed E-state index contributed by atoms with van der Waals surface area (Å²) in [5.41, 5.74) is 0. The van der Waals surface area contributed by atoms with Crippen molar-refractivity contribution in [3.8, 4) is 0 Å². The van der Waals surface area contributed by atoms with Crippen molar-refractivity contribution in [3.63, 3.8) is 0 Å². The van der Waals surface area contributed by atoms with Crippen LogP contribution in [0, 0.1) is 11.8 Å². The van der Waals surface area contributed by atoms with E-state index in [2.05, 4.69) is 65.7 Å². The molecule has 0 saturated carbocycles. The van der Waals surface area contributed by atoms with Crippen molar-refractivity contribution in [1.29, 1.82) is 0 Å². The van der Waals surface area contributed by atoms with E-state index in [4.69, 9.17) is 14.2 Å². The van der Waals surface area contributed by atoms with Crippen LogP contribution in [-0.4, -0.2) is 106 Å². The van der Waals surface area contributed by atoms with Crippen molar-refractivity contribution in [3.05, 3.63) is 0 Å². The Bertz CT molecular complexity index is 1190. The first-order valence-corrected chi connectivity index (χ1v) is 34.2. The molecule has 1 amide bonds. The van der Waals surface area contributed by atoms with Crippen LogP contribution in [0.3, 0.4) is 0 Å². The second kappa shape index (κ2) is 58.8. The Balaban J connectivity index is 5.48. The zero-order valence-electron chi connectivity index (χ0n) is 53.2. The number of ether oxygens (including phenoxy) is 3. The van der Waals surface area contributed by atoms with Gasteiger partial charge in [-0.1, -0.05) is 259 Å². The fourth-order valence-electron chi connectivity index (χ4n) is 11.0. The zero-order chi connectivity index (χ0) is 56.5. The van der Waals surface area contributed by atoms with Gasteiger partial charge in [-0.15, -0.1) is 0 Å². The summed E-state index contributed by atoms with van der Waals surface area (Å²) in [6.07, 6.45) is 56.2. The quantitative estimate of drug-likeness (QED) is 0.0338. The van der Waals surface area contributed by atoms with Gasteiger partial charge in [0.05, 0.1) is 25.0 Å². The lowest BCUT2D eigenvalue weighted by Crippen LogP contribution is -2.36. The molecule has 0 bridgehead atoms. The summed E-state index contributed by atoms with van der Waals surface area (Å²) in [5, 5.41) is 0. The predicted octanol–water partition coefficient (Wildman–Crippen LogP) is 20.0. The Kier molecular flexibility index (Phi) is 57.3. The van der Waals surface area contributed by atoms with Crippen LogP contribution in [-0.2, 0) is 23.8 Å². The lowest BCUT2D eigenvalue weighted by Gasteiger charge is -2.24. The van der Waals surface area contributed by atoms with Gasteiger partial charge >= 0.3 is 18.0 Å². The molecule has 0 aromatic rings. The van der Waals surface area contributed by atoms with Gasteiger partial charge in [0, 0.05) is 13.1 Å². The minimum atomic E-state index is -0.187. The van der Waals surface area contributed by atoms with E-state index >= 15 is 0 Å². The van der Waals surface area contributed by atoms with E-state index in [1.165, 1.54) is 180 Å². The highest BCUT2D eigenvalue weighted by molar-refractivity contribution is 5.73. The van der Waals surface area contributed by atoms with Crippen molar-refractivity contribution in [1.82, 2.24) is 14.7 Å². The minimum absolute atomic E-state index is 0.00214. The van der Waals surface area contributed by atoms with E-state index < -0.39 is 0 Å². The number of nitrogens with zero attached hydrogens (tertiary/aromatic N) is 3. The van der Waals surface area contributed by atoms with Gasteiger partial charge in [-0.3, -0.25) is 9.59 Å². The fraction of sp³-hybridized carbons (Fsp3) is 0.956. The highest BCUT2D eigenvalue weighted by Crippen LogP contribution is 2.26. The number of hydrogen-bond acceptors (Lipinski definition) is 8. The molecule has 0 heterocycles. The van der Waals surface area contributed by atoms with E-state index in [0.717, 1.165) is 155 Å². The molecule has 9 heteroatoms. The van der Waals surface area contributed by atoms with Crippen LogP contribution in [0.25, 0.3) is 0 Å². The van der Waals surface area contributed by atoms with Crippen molar-refractivity contribution in [2.45, 2.75) is 342 Å². The smallest absolute Gasteiger partial charge is 0.409 e. The summed E-state index contributed by atoms with van der Waals surface area (Å²) >= 11 is 0. The average molecular weight is 1090 g/mol. The fourth-order valence-corrected chi connectivity index (χ4v) is 11.0. The molecule has 0 N–H and O–H groups in total. The molecule has 0 rings (SSSR count). The SMILES string of the molecule is CCCCCCCCCCC(CCCCCCCCCC)C(=O)OCCCCCCC(CCCCCCOC(=O)N(CCCN(C)C)CCCN(C)C)OC(=O)C(CCCCCCCCCC)CCCCCCCCCC. The van der Waals surface area contributed by atoms with Crippen LogP contribution < -0.4 is 0 Å². The molecule has 0 aromatic heterocycles. The van der Waals surface area contributed by atoms with Gasteiger partial charge in [0.25, 0.3) is 0 Å². The molecule has 9 nitrogen and oxygen atoms in total. The molecule has 77 heavy (non-hydrogen) atoms. The van der Waals surface area contributed by atoms with Crippen LogP contribution in [0.1, 0.15) is 336 Å². The Morgan fingerprint density at radius 2 is 0.571 bits per heavy atom. The molecule has 0 aromatic carbocycles. The molecule has 0 radical (unpaired) electrons. The Labute approximate surface area is 480 Å². The normalized spacial score (nSPS) is 12.2. The molecule has 0 aliphatic carbocycles. The maximum Gasteiger partial charge on any atom is 0.409 e. The van der Waals surface area contributed by atoms with Gasteiger partial charge in [-0.05, 0) is 118 Å². The van der Waals surface area contributed by atoms with Crippen molar-refractivity contribution >= 4 is 18.0 Å². The molecule has 1 atom stereocenters. The third-order valence-corrected chi connectivity index (χ3v) is 16.2. The van der Waals surface area contributed by atoms with Crippen LogP contribution >= 0.6 is 0 Å². The molecule has 0 aliphatic rings. The van der Waals surface area contributed by atoms with Gasteiger partial charge in [0.1, 0.15) is 6.10 Å². The van der Waals surface area contributed by atoms with Crippen molar-refractivity contribution in [2.75, 3.05) is 67.6 Å². The van der Waals surface area contributed by atoms with Crippen molar-refractivity contribution in [2.24, 2.45) is 11.8 Å². The number of unbranched alkanes of at least 4 members (excludes halogenated alkanes) is 34. The molecular formula is C68H135N3O6. The van der Waals surface area contributed by atoms with Crippen LogP contribution in [0.2, 0.25) is 0 Å². The predicted molar refractivity (Wildman–Crippen MR) is 332 cm³/mol. The van der Waals surface area contributed by atoms with Gasteiger partial charge in [0.15, 0.2) is 0 Å². The summed E-state index contributed by atoms with van der Waals surface area (Å²) in [5.74, 6) is 0.144. The number of hydrogen-bond donors (Lipinski definition) is 0. The first kappa shape index (κ1) is 75.1. The highest BCUT2D eigenvalue weighted by Gasteiger charge is 2.24. The number of carbonyl (C=O) groups is 3. The monoisotopic (exact) mass is 1090 g/mol. The summed E-state index contributed by atoms with van der Waals surface area (Å²) in [6, 6.07) is 0. The molecule has 458 valence electrons. The third kappa shape index (κ3) is 52.0. The standard InChI is InChI=1S/C68H135N3O6/c1-9-13-17-21-25-29-33-41-51-63(52-42-34-30-26-22-18-14-10-2)66(72)75-61-47-39-37-45-55-65(56-46-38-40-48-62-76-68(74)71(59-49-57-69(5)6)60-50-58-70(7)8)77-67(73)64(53-43-35-31-27-23-19-15-11-3)54-44-36-32-28-24-20-16-12-4/h63-65H,9-62H2,1-8H3. The maximum absolute atomic E-state index is 14.2. The summed E-state index contributed by atoms with van der Waals surface area (Å²) in [7, 11) is 8.29. The first-order valence-electron chi connectivity index (χ1n) is 34.2. The average Bonchev–Trinajstić information content (AvgIpc) is 3.41. The number of esters is 2. The van der Waals surface area contributed by atoms with Gasteiger partial charge < -0.3 is 28.9 Å². The van der Waals surface area contributed by atoms with E-state index in [0.29, 0.717) is 13.2 Å². The number of amides is 1. The summed E-state index contributed by atoms with van der Waals surface area (Å²) in [6.45, 7) is 13.4. The van der Waals surface area contributed by atoms with Gasteiger partial charge in [0.2, 0.25) is 0 Å². The van der Waals surface area contributed by atoms with E-state index in [1.54, 1.807) is 0 Å². The molecule has 1 unspecified atom stereocenters. The van der Waals surface area contributed by atoms with Gasteiger partial charge in [-0.2, -0.15) is 0 Å². The summed E-state index contributed by atoms with van der Waals surface area (Å²) in [4.78, 5) is 47.0. The summed E-state index contributed by atoms with van der Waals surface area (Å²) < 4.78 is 18.4. The largest absolute Gasteiger partial charge is 0.465 e. The Morgan fingerprint density at radius 3 is 0.896 bits per heavy atom. The minimum Gasteiger partial charge on any atom is -0.465 e. The second-order valence-electron chi connectivity index (χ2n) is 24.5. The Morgan fingerprint density at radius 1 is 0.299 bits per heavy atom. The molecule has 0 saturated heterocycles. The molecule has 0 fully saturated rings. The van der Waals surface area contributed by atoms with Crippen molar-refractivity contribution < 1.29 is 28.6 Å². The first-order chi connectivity index (χ1) is 37.6. The number of carbonyl (C=O) groups excluding carboxylic acids is 3. The van der Waals surface area contributed by atoms with E-state index in [-0.39, 0.29) is 36.0 Å². The maximum atomic E-state index is 14.2.